The van der Waals surface area contributed by atoms with E-state index < -0.39 is 0 Å². The van der Waals surface area contributed by atoms with Gasteiger partial charge in [-0.15, -0.1) is 11.8 Å². The summed E-state index contributed by atoms with van der Waals surface area (Å²) in [5.41, 5.74) is 0. The van der Waals surface area contributed by atoms with Crippen LogP contribution in [0.4, 0.5) is 0 Å². The maximum atomic E-state index is 8.67. The number of aliphatic hydroxyl groups is 1. The monoisotopic (exact) mass is 252 g/mol. The van der Waals surface area contributed by atoms with Gasteiger partial charge in [-0.3, -0.25) is 0 Å². The number of hydrogen-bond acceptors (Lipinski definition) is 3. The van der Waals surface area contributed by atoms with Crippen LogP contribution >= 0.6 is 35.0 Å². The molecule has 0 bridgehead atoms. The van der Waals surface area contributed by atoms with Gasteiger partial charge in [0.25, 0.3) is 0 Å². The summed E-state index contributed by atoms with van der Waals surface area (Å²) in [6.07, 6.45) is 0. The fraction of sp³-hybridized carbons (Fsp3) is 0.333. The molecule has 0 amide bonds. The van der Waals surface area contributed by atoms with E-state index in [9.17, 15) is 0 Å². The van der Waals surface area contributed by atoms with Crippen molar-refractivity contribution in [1.82, 2.24) is 0 Å². The predicted molar refractivity (Wildman–Crippen MR) is 60.8 cm³/mol. The van der Waals surface area contributed by atoms with Gasteiger partial charge in [-0.2, -0.15) is 0 Å². The zero-order chi connectivity index (χ0) is 10.6. The molecule has 0 saturated heterocycles. The molecule has 0 saturated carbocycles. The van der Waals surface area contributed by atoms with E-state index in [1.54, 1.807) is 12.1 Å². The van der Waals surface area contributed by atoms with Crippen molar-refractivity contribution in [2.24, 2.45) is 0 Å². The van der Waals surface area contributed by atoms with E-state index in [-0.39, 0.29) is 6.61 Å². The standard InChI is InChI=1S/C9H10Cl2O2S/c1-13-8-4-7(11)9(5-6(8)10)14-3-2-12/h4-5,12H,2-3H2,1H3. The lowest BCUT2D eigenvalue weighted by Crippen LogP contribution is -1.88. The number of thioether (sulfide) groups is 1. The van der Waals surface area contributed by atoms with Crippen LogP contribution in [0.2, 0.25) is 10.0 Å². The summed E-state index contributed by atoms with van der Waals surface area (Å²) in [5.74, 6) is 1.16. The van der Waals surface area contributed by atoms with Crippen molar-refractivity contribution in [3.63, 3.8) is 0 Å². The third-order valence-electron chi connectivity index (χ3n) is 1.56. The molecule has 0 aliphatic carbocycles. The highest BCUT2D eigenvalue weighted by Crippen LogP contribution is 2.35. The first kappa shape index (κ1) is 12.0. The van der Waals surface area contributed by atoms with Gasteiger partial charge in [-0.25, -0.2) is 0 Å². The first-order chi connectivity index (χ1) is 6.69. The molecule has 0 spiro atoms. The molecule has 1 aromatic rings. The second-order valence-corrected chi connectivity index (χ2v) is 4.44. The van der Waals surface area contributed by atoms with Crippen molar-refractivity contribution in [2.45, 2.75) is 4.90 Å². The van der Waals surface area contributed by atoms with E-state index >= 15 is 0 Å². The van der Waals surface area contributed by atoms with Gasteiger partial charge in [0, 0.05) is 16.7 Å². The Hall–Kier alpha value is -0.0900. The topological polar surface area (TPSA) is 29.5 Å². The average molecular weight is 253 g/mol. The number of aliphatic hydroxyl groups excluding tert-OH is 1. The van der Waals surface area contributed by atoms with Crippen molar-refractivity contribution in [1.29, 1.82) is 0 Å². The fourth-order valence-corrected chi connectivity index (χ4v) is 2.27. The molecular formula is C9H10Cl2O2S. The van der Waals surface area contributed by atoms with Crippen LogP contribution in [0.25, 0.3) is 0 Å². The van der Waals surface area contributed by atoms with Crippen LogP contribution in [0.1, 0.15) is 0 Å². The minimum absolute atomic E-state index is 0.116. The Bertz CT molecular complexity index is 318. The Labute approximate surface area is 97.2 Å². The molecule has 0 heterocycles. The number of methoxy groups -OCH3 is 1. The van der Waals surface area contributed by atoms with Crippen LogP contribution in [0.3, 0.4) is 0 Å². The van der Waals surface area contributed by atoms with E-state index in [0.29, 0.717) is 21.5 Å². The van der Waals surface area contributed by atoms with Crippen LogP contribution < -0.4 is 4.74 Å². The molecule has 0 aromatic heterocycles. The van der Waals surface area contributed by atoms with Gasteiger partial charge in [-0.1, -0.05) is 23.2 Å². The van der Waals surface area contributed by atoms with Crippen molar-refractivity contribution in [3.8, 4) is 5.75 Å². The van der Waals surface area contributed by atoms with Gasteiger partial charge in [-0.05, 0) is 6.07 Å². The van der Waals surface area contributed by atoms with Gasteiger partial charge in [0.15, 0.2) is 0 Å². The number of benzene rings is 1. The third kappa shape index (κ3) is 2.95. The van der Waals surface area contributed by atoms with E-state index in [2.05, 4.69) is 0 Å². The summed E-state index contributed by atoms with van der Waals surface area (Å²) in [6.45, 7) is 0.116. The highest BCUT2D eigenvalue weighted by Gasteiger charge is 2.07. The molecule has 1 N–H and O–H groups in total. The van der Waals surface area contributed by atoms with E-state index in [0.717, 1.165) is 4.90 Å². The van der Waals surface area contributed by atoms with Crippen molar-refractivity contribution in [3.05, 3.63) is 22.2 Å². The molecule has 1 aromatic carbocycles. The Morgan fingerprint density at radius 2 is 2.07 bits per heavy atom. The fourth-order valence-electron chi connectivity index (χ4n) is 0.933. The molecule has 0 aliphatic rings. The summed E-state index contributed by atoms with van der Waals surface area (Å²) in [5, 5.41) is 9.78. The molecule has 0 unspecified atom stereocenters. The van der Waals surface area contributed by atoms with Gasteiger partial charge >= 0.3 is 0 Å². The molecule has 0 radical (unpaired) electrons. The number of ether oxygens (including phenoxy) is 1. The molecule has 0 atom stereocenters. The first-order valence-electron chi connectivity index (χ1n) is 3.95. The van der Waals surface area contributed by atoms with Crippen LogP contribution in [-0.4, -0.2) is 24.6 Å². The predicted octanol–water partition coefficient (Wildman–Crippen LogP) is 3.09. The minimum atomic E-state index is 0.116. The molecule has 5 heteroatoms. The van der Waals surface area contributed by atoms with Crippen molar-refractivity contribution in [2.75, 3.05) is 19.5 Å². The molecule has 78 valence electrons. The van der Waals surface area contributed by atoms with E-state index in [1.807, 2.05) is 0 Å². The Balaban J connectivity index is 2.90. The first-order valence-corrected chi connectivity index (χ1v) is 5.70. The second-order valence-electron chi connectivity index (χ2n) is 2.49. The summed E-state index contributed by atoms with van der Waals surface area (Å²) >= 11 is 13.4. The summed E-state index contributed by atoms with van der Waals surface area (Å²) in [6, 6.07) is 3.41. The second kappa shape index (κ2) is 5.71. The number of hydrogen-bond donors (Lipinski definition) is 1. The van der Waals surface area contributed by atoms with Gasteiger partial charge < -0.3 is 9.84 Å². The maximum absolute atomic E-state index is 8.67. The average Bonchev–Trinajstić information content (AvgIpc) is 2.18. The quantitative estimate of drug-likeness (QED) is 0.836. The SMILES string of the molecule is COc1cc(Cl)c(SCCO)cc1Cl. The smallest absolute Gasteiger partial charge is 0.139 e. The highest BCUT2D eigenvalue weighted by molar-refractivity contribution is 7.99. The Morgan fingerprint density at radius 3 is 2.64 bits per heavy atom. The van der Waals surface area contributed by atoms with E-state index in [1.165, 1.54) is 18.9 Å². The maximum Gasteiger partial charge on any atom is 0.139 e. The van der Waals surface area contributed by atoms with E-state index in [4.69, 9.17) is 33.0 Å². The van der Waals surface area contributed by atoms with Crippen molar-refractivity contribution < 1.29 is 9.84 Å². The zero-order valence-corrected chi connectivity index (χ0v) is 9.92. The molecule has 0 aliphatic heterocycles. The normalized spacial score (nSPS) is 10.3. The van der Waals surface area contributed by atoms with Crippen LogP contribution in [0, 0.1) is 0 Å². The molecule has 0 fully saturated rings. The number of halogens is 2. The Kier molecular flexibility index (Phi) is 4.89. The largest absolute Gasteiger partial charge is 0.495 e. The molecule has 1 rings (SSSR count). The van der Waals surface area contributed by atoms with Gasteiger partial charge in [0.1, 0.15) is 5.75 Å². The Morgan fingerprint density at radius 1 is 1.36 bits per heavy atom. The van der Waals surface area contributed by atoms with Crippen LogP contribution in [-0.2, 0) is 0 Å². The lowest BCUT2D eigenvalue weighted by Gasteiger charge is -2.07. The minimum Gasteiger partial charge on any atom is -0.495 e. The van der Waals surface area contributed by atoms with Crippen molar-refractivity contribution >= 4 is 35.0 Å². The third-order valence-corrected chi connectivity index (χ3v) is 3.31. The van der Waals surface area contributed by atoms with Crippen LogP contribution in [0.15, 0.2) is 17.0 Å². The molecule has 2 nitrogen and oxygen atoms in total. The lowest BCUT2D eigenvalue weighted by molar-refractivity contribution is 0.322. The van der Waals surface area contributed by atoms with Gasteiger partial charge in [0.05, 0.1) is 23.8 Å². The number of rotatable bonds is 4. The summed E-state index contributed by atoms with van der Waals surface area (Å²) in [7, 11) is 1.54. The lowest BCUT2D eigenvalue weighted by atomic mass is 10.3. The molecular weight excluding hydrogens is 243 g/mol. The van der Waals surface area contributed by atoms with Crippen LogP contribution in [0.5, 0.6) is 5.75 Å². The summed E-state index contributed by atoms with van der Waals surface area (Å²) in [4.78, 5) is 0.853. The zero-order valence-electron chi connectivity index (χ0n) is 7.59. The highest BCUT2D eigenvalue weighted by atomic mass is 35.5. The van der Waals surface area contributed by atoms with Gasteiger partial charge in [0.2, 0.25) is 0 Å². The molecule has 14 heavy (non-hydrogen) atoms. The summed E-state index contributed by atoms with van der Waals surface area (Å²) < 4.78 is 5.01.